The maximum absolute atomic E-state index is 13.3. The molecule has 0 fully saturated rings. The minimum Gasteiger partial charge on any atom is -0.497 e. The van der Waals surface area contributed by atoms with E-state index in [1.807, 2.05) is 24.3 Å². The van der Waals surface area contributed by atoms with E-state index in [4.69, 9.17) is 16.3 Å². The Morgan fingerprint density at radius 2 is 1.83 bits per heavy atom. The second kappa shape index (κ2) is 9.76. The molecule has 0 saturated heterocycles. The molecule has 0 unspecified atom stereocenters. The lowest BCUT2D eigenvalue weighted by atomic mass is 10.1. The number of carbonyl (C=O) groups excluding carboxylic acids is 1. The first-order chi connectivity index (χ1) is 14.0. The highest BCUT2D eigenvalue weighted by Gasteiger charge is 2.11. The first-order valence-corrected chi connectivity index (χ1v) is 10.1. The summed E-state index contributed by atoms with van der Waals surface area (Å²) in [5, 5.41) is 2.57. The van der Waals surface area contributed by atoms with E-state index in [-0.39, 0.29) is 5.02 Å². The molecule has 1 amide bonds. The Morgan fingerprint density at radius 3 is 2.48 bits per heavy atom. The molecule has 0 aliphatic carbocycles. The lowest BCUT2D eigenvalue weighted by Crippen LogP contribution is -2.12. The molecular formula is C22H18ClF2NO2S. The predicted molar refractivity (Wildman–Crippen MR) is 113 cm³/mol. The highest BCUT2D eigenvalue weighted by Crippen LogP contribution is 2.27. The van der Waals surface area contributed by atoms with Gasteiger partial charge in [0.05, 0.1) is 12.1 Å². The average molecular weight is 434 g/mol. The number of anilines is 1. The number of methoxy groups -OCH3 is 1. The van der Waals surface area contributed by atoms with E-state index in [1.165, 1.54) is 36.0 Å². The summed E-state index contributed by atoms with van der Waals surface area (Å²) in [6.45, 7) is -0.681. The average Bonchev–Trinajstić information content (AvgIpc) is 2.75. The van der Waals surface area contributed by atoms with Crippen LogP contribution in [0.25, 0.3) is 0 Å². The number of rotatable bonds is 7. The zero-order valence-corrected chi connectivity index (χ0v) is 17.1. The molecule has 3 aromatic rings. The van der Waals surface area contributed by atoms with Gasteiger partial charge < -0.3 is 10.1 Å². The van der Waals surface area contributed by atoms with Gasteiger partial charge in [0.15, 0.2) is 0 Å². The summed E-state index contributed by atoms with van der Waals surface area (Å²) in [6.07, 6.45) is 0. The second-order valence-electron chi connectivity index (χ2n) is 6.22. The molecule has 3 rings (SSSR count). The zero-order chi connectivity index (χ0) is 20.8. The number of alkyl halides is 1. The molecule has 7 heteroatoms. The lowest BCUT2D eigenvalue weighted by Gasteiger charge is -2.10. The third-order valence-electron chi connectivity index (χ3n) is 4.12. The monoisotopic (exact) mass is 433 g/mol. The van der Waals surface area contributed by atoms with E-state index in [0.29, 0.717) is 22.6 Å². The van der Waals surface area contributed by atoms with E-state index >= 15 is 0 Å². The molecule has 150 valence electrons. The Kier molecular flexibility index (Phi) is 7.12. The Morgan fingerprint density at radius 1 is 1.07 bits per heavy atom. The summed E-state index contributed by atoms with van der Waals surface area (Å²) < 4.78 is 31.7. The molecule has 0 aliphatic rings. The smallest absolute Gasteiger partial charge is 0.255 e. The topological polar surface area (TPSA) is 38.3 Å². The van der Waals surface area contributed by atoms with Crippen LogP contribution >= 0.6 is 23.4 Å². The SMILES string of the molecule is COc1ccc(CSc2cc(CF)cc(C(=O)Nc3ccc(F)c(Cl)c3)c2)cc1. The quantitative estimate of drug-likeness (QED) is 0.432. The van der Waals surface area contributed by atoms with Crippen LogP contribution in [0.4, 0.5) is 14.5 Å². The molecule has 0 aliphatic heterocycles. The highest BCUT2D eigenvalue weighted by molar-refractivity contribution is 7.98. The molecule has 0 bridgehead atoms. The van der Waals surface area contributed by atoms with E-state index in [9.17, 15) is 13.6 Å². The number of thioether (sulfide) groups is 1. The number of hydrogen-bond donors (Lipinski definition) is 1. The lowest BCUT2D eigenvalue weighted by molar-refractivity contribution is 0.102. The van der Waals surface area contributed by atoms with Crippen molar-refractivity contribution in [3.63, 3.8) is 0 Å². The van der Waals surface area contributed by atoms with Crippen LogP contribution in [0.15, 0.2) is 65.6 Å². The van der Waals surface area contributed by atoms with E-state index < -0.39 is 18.4 Å². The van der Waals surface area contributed by atoms with Crippen LogP contribution in [0.1, 0.15) is 21.5 Å². The van der Waals surface area contributed by atoms with Crippen LogP contribution in [0.2, 0.25) is 5.02 Å². The van der Waals surface area contributed by atoms with Crippen molar-refractivity contribution in [2.75, 3.05) is 12.4 Å². The fraction of sp³-hybridized carbons (Fsp3) is 0.136. The number of hydrogen-bond acceptors (Lipinski definition) is 3. The van der Waals surface area contributed by atoms with Gasteiger partial charge in [-0.05, 0) is 59.7 Å². The molecule has 29 heavy (non-hydrogen) atoms. The molecule has 0 saturated carbocycles. The normalized spacial score (nSPS) is 10.6. The van der Waals surface area contributed by atoms with Crippen LogP contribution in [0.3, 0.4) is 0 Å². The number of carbonyl (C=O) groups is 1. The summed E-state index contributed by atoms with van der Waals surface area (Å²) in [7, 11) is 1.61. The Labute approximate surface area is 177 Å². The van der Waals surface area contributed by atoms with E-state index in [2.05, 4.69) is 5.32 Å². The number of benzene rings is 3. The van der Waals surface area contributed by atoms with Gasteiger partial charge in [0.2, 0.25) is 0 Å². The summed E-state index contributed by atoms with van der Waals surface area (Å²) >= 11 is 7.25. The first-order valence-electron chi connectivity index (χ1n) is 8.70. The van der Waals surface area contributed by atoms with Crippen molar-refractivity contribution in [1.29, 1.82) is 0 Å². The largest absolute Gasteiger partial charge is 0.497 e. The van der Waals surface area contributed by atoms with Gasteiger partial charge in [-0.25, -0.2) is 8.78 Å². The number of ether oxygens (including phenoxy) is 1. The Balaban J connectivity index is 1.74. The first kappa shape index (κ1) is 21.1. The van der Waals surface area contributed by atoms with Crippen molar-refractivity contribution >= 4 is 35.0 Å². The van der Waals surface area contributed by atoms with Crippen LogP contribution in [0.5, 0.6) is 5.75 Å². The maximum atomic E-state index is 13.3. The molecule has 0 aromatic heterocycles. The standard InChI is InChI=1S/C22H18ClF2NO2S/c1-28-18-5-2-14(3-6-18)13-29-19-9-15(12-24)8-16(10-19)22(27)26-17-4-7-21(25)20(23)11-17/h2-11H,12-13H2,1H3,(H,26,27). The molecule has 0 radical (unpaired) electrons. The highest BCUT2D eigenvalue weighted by atomic mass is 35.5. The Bertz CT molecular complexity index is 1010. The Hall–Kier alpha value is -2.57. The van der Waals surface area contributed by atoms with Crippen LogP contribution in [-0.4, -0.2) is 13.0 Å². The third kappa shape index (κ3) is 5.71. The fourth-order valence-electron chi connectivity index (χ4n) is 2.62. The second-order valence-corrected chi connectivity index (χ2v) is 7.67. The van der Waals surface area contributed by atoms with Crippen LogP contribution in [0, 0.1) is 5.82 Å². The van der Waals surface area contributed by atoms with Crippen LogP contribution < -0.4 is 10.1 Å². The number of amides is 1. The van der Waals surface area contributed by atoms with Crippen molar-refractivity contribution < 1.29 is 18.3 Å². The molecule has 0 atom stereocenters. The van der Waals surface area contributed by atoms with Gasteiger partial charge in [0.1, 0.15) is 18.2 Å². The van der Waals surface area contributed by atoms with Gasteiger partial charge in [0, 0.05) is 21.9 Å². The van der Waals surface area contributed by atoms with Gasteiger partial charge in [-0.1, -0.05) is 23.7 Å². The summed E-state index contributed by atoms with van der Waals surface area (Å²) in [4.78, 5) is 13.4. The molecule has 3 nitrogen and oxygen atoms in total. The summed E-state index contributed by atoms with van der Waals surface area (Å²) in [5.41, 5.74) is 2.16. The zero-order valence-electron chi connectivity index (χ0n) is 15.5. The summed E-state index contributed by atoms with van der Waals surface area (Å²) in [5.74, 6) is 0.447. The minimum atomic E-state index is -0.681. The van der Waals surface area contributed by atoms with Crippen molar-refractivity contribution in [2.24, 2.45) is 0 Å². The predicted octanol–water partition coefficient (Wildman–Crippen LogP) is 6.50. The van der Waals surface area contributed by atoms with Gasteiger partial charge in [-0.2, -0.15) is 0 Å². The van der Waals surface area contributed by atoms with Gasteiger partial charge in [0.25, 0.3) is 5.91 Å². The van der Waals surface area contributed by atoms with E-state index in [0.717, 1.165) is 16.2 Å². The molecule has 0 spiro atoms. The van der Waals surface area contributed by atoms with Crippen molar-refractivity contribution in [1.82, 2.24) is 0 Å². The van der Waals surface area contributed by atoms with Crippen molar-refractivity contribution in [3.05, 3.63) is 88.2 Å². The van der Waals surface area contributed by atoms with Gasteiger partial charge in [-0.15, -0.1) is 11.8 Å². The third-order valence-corrected chi connectivity index (χ3v) is 5.46. The molecular weight excluding hydrogens is 416 g/mol. The van der Waals surface area contributed by atoms with E-state index in [1.54, 1.807) is 19.2 Å². The number of nitrogens with one attached hydrogen (secondary N) is 1. The van der Waals surface area contributed by atoms with Crippen molar-refractivity contribution in [3.8, 4) is 5.75 Å². The number of halogens is 3. The van der Waals surface area contributed by atoms with Crippen molar-refractivity contribution in [2.45, 2.75) is 17.3 Å². The molecule has 1 N–H and O–H groups in total. The molecule has 0 heterocycles. The fourth-order valence-corrected chi connectivity index (χ4v) is 3.77. The van der Waals surface area contributed by atoms with Crippen LogP contribution in [-0.2, 0) is 12.4 Å². The van der Waals surface area contributed by atoms with Gasteiger partial charge >= 0.3 is 0 Å². The van der Waals surface area contributed by atoms with Gasteiger partial charge in [-0.3, -0.25) is 4.79 Å². The maximum Gasteiger partial charge on any atom is 0.255 e. The molecule has 3 aromatic carbocycles. The summed E-state index contributed by atoms with van der Waals surface area (Å²) in [6, 6.07) is 16.5. The minimum absolute atomic E-state index is 0.0870.